The minimum Gasteiger partial charge on any atom is -0.494 e. The van der Waals surface area contributed by atoms with Crippen LogP contribution in [-0.2, 0) is 0 Å². The third kappa shape index (κ3) is 2.03. The minimum atomic E-state index is -0.418. The molecule has 0 saturated heterocycles. The Balaban J connectivity index is 2.49. The van der Waals surface area contributed by atoms with Crippen molar-refractivity contribution in [3.8, 4) is 17.0 Å². The zero-order valence-corrected chi connectivity index (χ0v) is 10.7. The zero-order valence-electron chi connectivity index (χ0n) is 8.33. The van der Waals surface area contributed by atoms with Gasteiger partial charge in [0.1, 0.15) is 0 Å². The van der Waals surface area contributed by atoms with Gasteiger partial charge < -0.3 is 10.5 Å². The van der Waals surface area contributed by atoms with E-state index >= 15 is 0 Å². The van der Waals surface area contributed by atoms with Gasteiger partial charge in [0.15, 0.2) is 16.7 Å². The molecule has 0 aliphatic carbocycles. The van der Waals surface area contributed by atoms with Gasteiger partial charge in [-0.2, -0.15) is 0 Å². The fraction of sp³-hybridized carbons (Fsp3) is 0.100. The number of hydrogen-bond donors (Lipinski definition) is 1. The molecule has 0 spiro atoms. The van der Waals surface area contributed by atoms with Crippen molar-refractivity contribution in [1.29, 1.82) is 0 Å². The van der Waals surface area contributed by atoms with Crippen LogP contribution in [0.25, 0.3) is 11.3 Å². The minimum absolute atomic E-state index is 0.211. The maximum atomic E-state index is 13.5. The molecule has 1 heterocycles. The summed E-state index contributed by atoms with van der Waals surface area (Å²) in [6.45, 7) is 0. The van der Waals surface area contributed by atoms with Crippen molar-refractivity contribution in [3.05, 3.63) is 27.8 Å². The molecule has 0 fully saturated rings. The van der Waals surface area contributed by atoms with Crippen LogP contribution in [0.5, 0.6) is 5.75 Å². The molecular weight excluding hydrogens is 295 g/mol. The van der Waals surface area contributed by atoms with Gasteiger partial charge in [0.05, 0.1) is 16.6 Å². The SMILES string of the molecule is COc1ccc(-c2nc(N)sc2Br)cc1F. The third-order valence-corrected chi connectivity index (χ3v) is 3.56. The zero-order chi connectivity index (χ0) is 11.7. The Hall–Kier alpha value is -1.14. The van der Waals surface area contributed by atoms with Gasteiger partial charge >= 0.3 is 0 Å². The lowest BCUT2D eigenvalue weighted by Gasteiger charge is -2.03. The summed E-state index contributed by atoms with van der Waals surface area (Å²) >= 11 is 4.65. The van der Waals surface area contributed by atoms with Gasteiger partial charge in [-0.1, -0.05) is 11.3 Å². The van der Waals surface area contributed by atoms with Crippen LogP contribution in [0, 0.1) is 5.82 Å². The summed E-state index contributed by atoms with van der Waals surface area (Å²) in [6.07, 6.45) is 0. The fourth-order valence-corrected chi connectivity index (χ4v) is 2.70. The number of rotatable bonds is 2. The van der Waals surface area contributed by atoms with Crippen molar-refractivity contribution < 1.29 is 9.13 Å². The smallest absolute Gasteiger partial charge is 0.181 e. The number of nitrogens with zero attached hydrogens (tertiary/aromatic N) is 1. The largest absolute Gasteiger partial charge is 0.494 e. The number of nitrogens with two attached hydrogens (primary N) is 1. The number of methoxy groups -OCH3 is 1. The molecule has 2 aromatic rings. The fourth-order valence-electron chi connectivity index (χ4n) is 1.31. The Morgan fingerprint density at radius 2 is 2.25 bits per heavy atom. The van der Waals surface area contributed by atoms with Crippen LogP contribution in [-0.4, -0.2) is 12.1 Å². The molecule has 0 bridgehead atoms. The molecule has 0 amide bonds. The lowest BCUT2D eigenvalue weighted by molar-refractivity contribution is 0.386. The number of halogens is 2. The van der Waals surface area contributed by atoms with Crippen LogP contribution in [0.15, 0.2) is 22.0 Å². The van der Waals surface area contributed by atoms with Crippen LogP contribution in [0.1, 0.15) is 0 Å². The highest BCUT2D eigenvalue weighted by atomic mass is 79.9. The van der Waals surface area contributed by atoms with E-state index in [1.54, 1.807) is 12.1 Å². The standard InChI is InChI=1S/C10H8BrFN2OS/c1-15-7-3-2-5(4-6(7)12)8-9(11)16-10(13)14-8/h2-4H,1H3,(H2,13,14). The summed E-state index contributed by atoms with van der Waals surface area (Å²) < 4.78 is 19.1. The normalized spacial score (nSPS) is 10.4. The molecule has 1 aromatic heterocycles. The molecule has 0 saturated carbocycles. The van der Waals surface area contributed by atoms with E-state index in [4.69, 9.17) is 10.5 Å². The average molecular weight is 303 g/mol. The van der Waals surface area contributed by atoms with E-state index in [9.17, 15) is 4.39 Å². The van der Waals surface area contributed by atoms with E-state index in [0.29, 0.717) is 16.4 Å². The van der Waals surface area contributed by atoms with Crippen molar-refractivity contribution >= 4 is 32.4 Å². The molecule has 1 aromatic carbocycles. The first-order chi connectivity index (χ1) is 7.61. The molecule has 3 nitrogen and oxygen atoms in total. The number of thiazole rings is 1. The number of nitrogen functional groups attached to an aromatic ring is 1. The Bertz CT molecular complexity index is 530. The van der Waals surface area contributed by atoms with E-state index in [1.165, 1.54) is 24.5 Å². The number of ether oxygens (including phenoxy) is 1. The van der Waals surface area contributed by atoms with Gasteiger partial charge in [-0.3, -0.25) is 0 Å². The highest BCUT2D eigenvalue weighted by Gasteiger charge is 2.11. The van der Waals surface area contributed by atoms with Crippen LogP contribution >= 0.6 is 27.3 Å². The molecular formula is C10H8BrFN2OS. The Kier molecular flexibility index (Phi) is 3.11. The van der Waals surface area contributed by atoms with Gasteiger partial charge in [-0.15, -0.1) is 0 Å². The summed E-state index contributed by atoms with van der Waals surface area (Å²) in [6, 6.07) is 4.67. The van der Waals surface area contributed by atoms with Crippen LogP contribution < -0.4 is 10.5 Å². The van der Waals surface area contributed by atoms with E-state index in [-0.39, 0.29) is 5.75 Å². The molecule has 0 atom stereocenters. The molecule has 6 heteroatoms. The number of benzene rings is 1. The quantitative estimate of drug-likeness (QED) is 0.926. The second-order valence-electron chi connectivity index (χ2n) is 3.02. The molecule has 0 unspecified atom stereocenters. The average Bonchev–Trinajstić information content (AvgIpc) is 2.58. The van der Waals surface area contributed by atoms with Gasteiger partial charge in [0.2, 0.25) is 0 Å². The van der Waals surface area contributed by atoms with Gasteiger partial charge in [0, 0.05) is 5.56 Å². The summed E-state index contributed by atoms with van der Waals surface area (Å²) in [4.78, 5) is 4.12. The second kappa shape index (κ2) is 4.39. The second-order valence-corrected chi connectivity index (χ2v) is 5.37. The summed E-state index contributed by atoms with van der Waals surface area (Å²) in [5.41, 5.74) is 6.88. The van der Waals surface area contributed by atoms with E-state index < -0.39 is 5.82 Å². The summed E-state index contributed by atoms with van der Waals surface area (Å²) in [5, 5.41) is 0.443. The molecule has 2 N–H and O–H groups in total. The molecule has 84 valence electrons. The first kappa shape index (κ1) is 11.3. The van der Waals surface area contributed by atoms with Crippen LogP contribution in [0.2, 0.25) is 0 Å². The lowest BCUT2D eigenvalue weighted by Crippen LogP contribution is -1.89. The predicted molar refractivity (Wildman–Crippen MR) is 66.2 cm³/mol. The van der Waals surface area contributed by atoms with E-state index in [1.807, 2.05) is 0 Å². The molecule has 16 heavy (non-hydrogen) atoms. The summed E-state index contributed by atoms with van der Waals surface area (Å²) in [5.74, 6) is -0.207. The van der Waals surface area contributed by atoms with E-state index in [0.717, 1.165) is 3.79 Å². The van der Waals surface area contributed by atoms with Gasteiger partial charge in [0.25, 0.3) is 0 Å². The maximum Gasteiger partial charge on any atom is 0.181 e. The van der Waals surface area contributed by atoms with Crippen molar-refractivity contribution in [2.24, 2.45) is 0 Å². The Labute approximate surface area is 104 Å². The first-order valence-electron chi connectivity index (χ1n) is 4.37. The van der Waals surface area contributed by atoms with Gasteiger partial charge in [-0.25, -0.2) is 9.37 Å². The topological polar surface area (TPSA) is 48.1 Å². The maximum absolute atomic E-state index is 13.5. The highest BCUT2D eigenvalue weighted by molar-refractivity contribution is 9.11. The van der Waals surface area contributed by atoms with Crippen molar-refractivity contribution in [1.82, 2.24) is 4.98 Å². The predicted octanol–water partition coefficient (Wildman–Crippen LogP) is 3.30. The van der Waals surface area contributed by atoms with Crippen LogP contribution in [0.3, 0.4) is 0 Å². The Morgan fingerprint density at radius 3 is 2.75 bits per heavy atom. The third-order valence-electron chi connectivity index (χ3n) is 2.03. The highest BCUT2D eigenvalue weighted by Crippen LogP contribution is 2.35. The lowest BCUT2D eigenvalue weighted by atomic mass is 10.1. The van der Waals surface area contributed by atoms with Crippen molar-refractivity contribution in [2.75, 3.05) is 12.8 Å². The van der Waals surface area contributed by atoms with Crippen molar-refractivity contribution in [2.45, 2.75) is 0 Å². The first-order valence-corrected chi connectivity index (χ1v) is 5.98. The van der Waals surface area contributed by atoms with Gasteiger partial charge in [-0.05, 0) is 34.1 Å². The van der Waals surface area contributed by atoms with Crippen molar-refractivity contribution in [3.63, 3.8) is 0 Å². The molecule has 0 aliphatic rings. The number of aromatic nitrogens is 1. The van der Waals surface area contributed by atoms with E-state index in [2.05, 4.69) is 20.9 Å². The summed E-state index contributed by atoms with van der Waals surface area (Å²) in [7, 11) is 1.43. The van der Waals surface area contributed by atoms with Crippen LogP contribution in [0.4, 0.5) is 9.52 Å². The molecule has 2 rings (SSSR count). The monoisotopic (exact) mass is 302 g/mol. The number of hydrogen-bond acceptors (Lipinski definition) is 4. The Morgan fingerprint density at radius 1 is 1.50 bits per heavy atom. The molecule has 0 aliphatic heterocycles. The number of anilines is 1. The molecule has 0 radical (unpaired) electrons.